The molecule has 5 nitrogen and oxygen atoms in total. The molecular weight excluding hydrogens is 250 g/mol. The number of anilines is 1. The number of piperidine rings is 2. The number of hydrogen-bond donors (Lipinski definition) is 1. The normalized spacial score (nSPS) is 22.1. The summed E-state index contributed by atoms with van der Waals surface area (Å²) in [6.07, 6.45) is 10.3. The fourth-order valence-electron chi connectivity index (χ4n) is 3.39. The van der Waals surface area contributed by atoms with Gasteiger partial charge < -0.3 is 15.5 Å². The Morgan fingerprint density at radius 3 is 2.50 bits per heavy atom. The van der Waals surface area contributed by atoms with Crippen LogP contribution in [-0.2, 0) is 6.54 Å². The van der Waals surface area contributed by atoms with E-state index in [1.807, 2.05) is 6.20 Å². The minimum absolute atomic E-state index is 0.463. The van der Waals surface area contributed by atoms with E-state index in [9.17, 15) is 0 Å². The maximum atomic E-state index is 5.64. The van der Waals surface area contributed by atoms with Crippen LogP contribution in [0.2, 0.25) is 0 Å². The molecule has 0 radical (unpaired) electrons. The Labute approximate surface area is 121 Å². The first-order chi connectivity index (χ1) is 9.86. The number of nitrogens with zero attached hydrogens (tertiary/aromatic N) is 4. The van der Waals surface area contributed by atoms with E-state index in [2.05, 4.69) is 19.8 Å². The van der Waals surface area contributed by atoms with Gasteiger partial charge in [-0.05, 0) is 38.8 Å². The monoisotopic (exact) mass is 275 g/mol. The van der Waals surface area contributed by atoms with Crippen LogP contribution in [0.4, 0.5) is 5.82 Å². The minimum Gasteiger partial charge on any atom is -0.355 e. The van der Waals surface area contributed by atoms with Crippen molar-refractivity contribution in [1.82, 2.24) is 14.9 Å². The van der Waals surface area contributed by atoms with Crippen LogP contribution in [0.25, 0.3) is 0 Å². The smallest absolute Gasteiger partial charge is 0.147 e. The summed E-state index contributed by atoms with van der Waals surface area (Å²) in [5.74, 6) is 0.991. The van der Waals surface area contributed by atoms with Gasteiger partial charge in [-0.1, -0.05) is 6.42 Å². The van der Waals surface area contributed by atoms with E-state index in [0.29, 0.717) is 6.54 Å². The van der Waals surface area contributed by atoms with Crippen LogP contribution >= 0.6 is 0 Å². The van der Waals surface area contributed by atoms with Crippen LogP contribution in [-0.4, -0.2) is 47.1 Å². The minimum atomic E-state index is 0.463. The van der Waals surface area contributed by atoms with Gasteiger partial charge in [-0.15, -0.1) is 0 Å². The van der Waals surface area contributed by atoms with E-state index >= 15 is 0 Å². The van der Waals surface area contributed by atoms with Crippen molar-refractivity contribution in [2.75, 3.05) is 31.1 Å². The molecule has 0 saturated carbocycles. The summed E-state index contributed by atoms with van der Waals surface area (Å²) in [6.45, 7) is 5.24. The van der Waals surface area contributed by atoms with E-state index in [1.54, 1.807) is 6.20 Å². The molecule has 110 valence electrons. The molecule has 0 atom stereocenters. The first kappa shape index (κ1) is 13.8. The van der Waals surface area contributed by atoms with Crippen molar-refractivity contribution >= 4 is 5.82 Å². The third kappa shape index (κ3) is 3.10. The van der Waals surface area contributed by atoms with Gasteiger partial charge in [0.05, 0.1) is 11.9 Å². The van der Waals surface area contributed by atoms with E-state index in [0.717, 1.165) is 30.6 Å². The number of likely N-dealkylation sites (tertiary alicyclic amines) is 1. The zero-order valence-corrected chi connectivity index (χ0v) is 12.2. The Hall–Kier alpha value is -1.20. The summed E-state index contributed by atoms with van der Waals surface area (Å²) < 4.78 is 0. The Morgan fingerprint density at radius 1 is 1.05 bits per heavy atom. The van der Waals surface area contributed by atoms with E-state index in [4.69, 9.17) is 5.73 Å². The van der Waals surface area contributed by atoms with Crippen LogP contribution in [0.1, 0.15) is 37.8 Å². The molecule has 0 unspecified atom stereocenters. The third-order valence-corrected chi connectivity index (χ3v) is 4.58. The van der Waals surface area contributed by atoms with Crippen molar-refractivity contribution in [3.63, 3.8) is 0 Å². The fraction of sp³-hybridized carbons (Fsp3) is 0.733. The molecule has 2 aliphatic rings. The lowest BCUT2D eigenvalue weighted by molar-refractivity contribution is 0.141. The van der Waals surface area contributed by atoms with Gasteiger partial charge in [0.15, 0.2) is 0 Å². The summed E-state index contributed by atoms with van der Waals surface area (Å²) in [5.41, 5.74) is 6.52. The highest BCUT2D eigenvalue weighted by Crippen LogP contribution is 2.23. The zero-order chi connectivity index (χ0) is 13.8. The predicted octanol–water partition coefficient (Wildman–Crippen LogP) is 1.39. The molecule has 0 amide bonds. The quantitative estimate of drug-likeness (QED) is 0.903. The molecule has 1 aromatic rings. The molecule has 0 aromatic carbocycles. The largest absolute Gasteiger partial charge is 0.355 e. The zero-order valence-electron chi connectivity index (χ0n) is 12.2. The van der Waals surface area contributed by atoms with Crippen LogP contribution in [0.5, 0.6) is 0 Å². The maximum absolute atomic E-state index is 5.64. The van der Waals surface area contributed by atoms with Gasteiger partial charge in [0.1, 0.15) is 5.82 Å². The SMILES string of the molecule is NCc1cncc(N2CCC(N3CCCCC3)CC2)n1. The standard InChI is InChI=1S/C15H25N5/c16-10-13-11-17-12-15(18-13)20-8-4-14(5-9-20)19-6-2-1-3-7-19/h11-12,14H,1-10,16H2. The molecule has 1 aromatic heterocycles. The average molecular weight is 275 g/mol. The molecule has 5 heteroatoms. The van der Waals surface area contributed by atoms with Crippen molar-refractivity contribution in [3.05, 3.63) is 18.1 Å². The number of rotatable bonds is 3. The number of nitrogens with two attached hydrogens (primary N) is 1. The summed E-state index contributed by atoms with van der Waals surface area (Å²) in [5, 5.41) is 0. The molecule has 2 fully saturated rings. The summed E-state index contributed by atoms with van der Waals surface area (Å²) in [4.78, 5) is 13.9. The Morgan fingerprint density at radius 2 is 1.80 bits per heavy atom. The molecule has 0 bridgehead atoms. The van der Waals surface area contributed by atoms with E-state index in [1.165, 1.54) is 45.2 Å². The van der Waals surface area contributed by atoms with E-state index in [-0.39, 0.29) is 0 Å². The summed E-state index contributed by atoms with van der Waals surface area (Å²) in [6, 6.07) is 0.775. The van der Waals surface area contributed by atoms with Crippen LogP contribution in [0, 0.1) is 0 Å². The second kappa shape index (κ2) is 6.50. The first-order valence-electron chi connectivity index (χ1n) is 7.87. The van der Waals surface area contributed by atoms with Crippen LogP contribution in [0.15, 0.2) is 12.4 Å². The van der Waals surface area contributed by atoms with Gasteiger partial charge in [0.25, 0.3) is 0 Å². The predicted molar refractivity (Wildman–Crippen MR) is 80.6 cm³/mol. The van der Waals surface area contributed by atoms with Crippen molar-refractivity contribution < 1.29 is 0 Å². The highest BCUT2D eigenvalue weighted by Gasteiger charge is 2.26. The molecule has 0 aliphatic carbocycles. The highest BCUT2D eigenvalue weighted by atomic mass is 15.2. The van der Waals surface area contributed by atoms with Crippen LogP contribution < -0.4 is 10.6 Å². The van der Waals surface area contributed by atoms with Gasteiger partial charge >= 0.3 is 0 Å². The second-order valence-corrected chi connectivity index (χ2v) is 5.89. The average Bonchev–Trinajstić information content (AvgIpc) is 2.56. The van der Waals surface area contributed by atoms with Crippen molar-refractivity contribution in [2.45, 2.75) is 44.7 Å². The molecule has 2 aliphatic heterocycles. The Balaban J connectivity index is 1.57. The maximum Gasteiger partial charge on any atom is 0.147 e. The molecule has 0 spiro atoms. The van der Waals surface area contributed by atoms with Crippen molar-refractivity contribution in [2.24, 2.45) is 5.73 Å². The fourth-order valence-corrected chi connectivity index (χ4v) is 3.39. The lowest BCUT2D eigenvalue weighted by atomic mass is 10.00. The topological polar surface area (TPSA) is 58.3 Å². The first-order valence-corrected chi connectivity index (χ1v) is 7.87. The number of aromatic nitrogens is 2. The van der Waals surface area contributed by atoms with E-state index < -0.39 is 0 Å². The molecule has 2 saturated heterocycles. The van der Waals surface area contributed by atoms with Gasteiger partial charge in [0, 0.05) is 31.9 Å². The lowest BCUT2D eigenvalue weighted by Crippen LogP contribution is -2.47. The highest BCUT2D eigenvalue weighted by molar-refractivity contribution is 5.37. The Bertz CT molecular complexity index is 422. The molecule has 2 N–H and O–H groups in total. The molecule has 20 heavy (non-hydrogen) atoms. The summed E-state index contributed by atoms with van der Waals surface area (Å²) in [7, 11) is 0. The van der Waals surface area contributed by atoms with Crippen LogP contribution in [0.3, 0.4) is 0 Å². The van der Waals surface area contributed by atoms with Crippen molar-refractivity contribution in [1.29, 1.82) is 0 Å². The molecule has 3 rings (SSSR count). The number of hydrogen-bond acceptors (Lipinski definition) is 5. The third-order valence-electron chi connectivity index (χ3n) is 4.58. The Kier molecular flexibility index (Phi) is 4.47. The van der Waals surface area contributed by atoms with Gasteiger partial charge in [-0.3, -0.25) is 4.98 Å². The van der Waals surface area contributed by atoms with Crippen molar-refractivity contribution in [3.8, 4) is 0 Å². The summed E-state index contributed by atoms with van der Waals surface area (Å²) >= 11 is 0. The van der Waals surface area contributed by atoms with Gasteiger partial charge in [0.2, 0.25) is 0 Å². The van der Waals surface area contributed by atoms with Gasteiger partial charge in [-0.25, -0.2) is 4.98 Å². The van der Waals surface area contributed by atoms with Gasteiger partial charge in [-0.2, -0.15) is 0 Å². The molecular formula is C15H25N5. The second-order valence-electron chi connectivity index (χ2n) is 5.89. The lowest BCUT2D eigenvalue weighted by Gasteiger charge is -2.40. The molecule has 3 heterocycles.